The van der Waals surface area contributed by atoms with Crippen molar-refractivity contribution in [2.75, 3.05) is 6.54 Å². The van der Waals surface area contributed by atoms with E-state index in [1.54, 1.807) is 0 Å². The largest absolute Gasteiger partial charge is 0.368 e. The first-order valence-electron chi connectivity index (χ1n) is 6.54. The van der Waals surface area contributed by atoms with Crippen molar-refractivity contribution in [3.05, 3.63) is 35.9 Å². The zero-order valence-electron chi connectivity index (χ0n) is 11.8. The molecule has 0 unspecified atom stereocenters. The van der Waals surface area contributed by atoms with Crippen molar-refractivity contribution in [2.45, 2.75) is 39.2 Å². The fourth-order valence-corrected chi connectivity index (χ4v) is 2.01. The van der Waals surface area contributed by atoms with E-state index in [1.807, 2.05) is 51.1 Å². The van der Waals surface area contributed by atoms with Gasteiger partial charge in [-0.05, 0) is 25.3 Å². The van der Waals surface area contributed by atoms with Crippen LogP contribution in [-0.2, 0) is 9.59 Å². The van der Waals surface area contributed by atoms with Gasteiger partial charge in [-0.15, -0.1) is 0 Å². The van der Waals surface area contributed by atoms with E-state index < -0.39 is 5.91 Å². The first kappa shape index (κ1) is 15.2. The summed E-state index contributed by atoms with van der Waals surface area (Å²) in [4.78, 5) is 24.8. The smallest absolute Gasteiger partial charge is 0.237 e. The number of amides is 2. The minimum Gasteiger partial charge on any atom is -0.368 e. The van der Waals surface area contributed by atoms with E-state index in [9.17, 15) is 9.59 Å². The number of rotatable bonds is 6. The maximum absolute atomic E-state index is 12.2. The second-order valence-corrected chi connectivity index (χ2v) is 5.10. The maximum Gasteiger partial charge on any atom is 0.237 e. The molecule has 0 aliphatic carbocycles. The summed E-state index contributed by atoms with van der Waals surface area (Å²) in [6.07, 6.45) is 0.384. The highest BCUT2D eigenvalue weighted by molar-refractivity contribution is 5.84. The summed E-state index contributed by atoms with van der Waals surface area (Å²) in [7, 11) is 0. The molecule has 0 spiro atoms. The Morgan fingerprint density at radius 3 is 2.21 bits per heavy atom. The molecule has 0 aliphatic heterocycles. The van der Waals surface area contributed by atoms with Crippen LogP contribution in [0.3, 0.4) is 0 Å². The number of hydrogen-bond donors (Lipinski definition) is 1. The van der Waals surface area contributed by atoms with Crippen LogP contribution in [0.4, 0.5) is 0 Å². The Morgan fingerprint density at radius 1 is 1.16 bits per heavy atom. The predicted octanol–water partition coefficient (Wildman–Crippen LogP) is 1.90. The molecule has 0 radical (unpaired) electrons. The highest BCUT2D eigenvalue weighted by Crippen LogP contribution is 2.20. The average Bonchev–Trinajstić information content (AvgIpc) is 2.36. The van der Waals surface area contributed by atoms with Crippen LogP contribution in [0, 0.1) is 0 Å². The first-order chi connectivity index (χ1) is 8.91. The second-order valence-electron chi connectivity index (χ2n) is 5.10. The molecule has 2 amide bonds. The summed E-state index contributed by atoms with van der Waals surface area (Å²) in [6.45, 7) is 5.76. The van der Waals surface area contributed by atoms with Crippen LogP contribution in [0.1, 0.15) is 38.7 Å². The molecule has 0 saturated heterocycles. The summed E-state index contributed by atoms with van der Waals surface area (Å²) >= 11 is 0. The Bertz CT molecular complexity index is 429. The van der Waals surface area contributed by atoms with Crippen LogP contribution < -0.4 is 5.73 Å². The van der Waals surface area contributed by atoms with Gasteiger partial charge in [0.15, 0.2) is 0 Å². The van der Waals surface area contributed by atoms with Gasteiger partial charge in [-0.2, -0.15) is 0 Å². The molecule has 104 valence electrons. The van der Waals surface area contributed by atoms with Crippen LogP contribution in [0.25, 0.3) is 0 Å². The molecule has 0 heterocycles. The first-order valence-corrected chi connectivity index (χ1v) is 6.54. The van der Waals surface area contributed by atoms with E-state index >= 15 is 0 Å². The summed E-state index contributed by atoms with van der Waals surface area (Å²) in [6, 6.07) is 9.85. The molecule has 4 nitrogen and oxygen atoms in total. The van der Waals surface area contributed by atoms with Gasteiger partial charge in [0.2, 0.25) is 11.8 Å². The molecule has 2 N–H and O–H groups in total. The van der Waals surface area contributed by atoms with Crippen LogP contribution in [0.5, 0.6) is 0 Å². The second kappa shape index (κ2) is 6.92. The fourth-order valence-electron chi connectivity index (χ4n) is 2.01. The Kier molecular flexibility index (Phi) is 5.55. The maximum atomic E-state index is 12.2. The summed E-state index contributed by atoms with van der Waals surface area (Å²) in [5.41, 5.74) is 6.30. The molecule has 0 aliphatic rings. The normalized spacial score (nSPS) is 12.2. The van der Waals surface area contributed by atoms with Gasteiger partial charge in [-0.3, -0.25) is 9.59 Å². The Morgan fingerprint density at radius 2 is 1.74 bits per heavy atom. The van der Waals surface area contributed by atoms with E-state index in [0.717, 1.165) is 5.56 Å². The van der Waals surface area contributed by atoms with E-state index in [4.69, 9.17) is 5.73 Å². The van der Waals surface area contributed by atoms with Crippen molar-refractivity contribution < 1.29 is 9.59 Å². The van der Waals surface area contributed by atoms with Gasteiger partial charge < -0.3 is 10.6 Å². The van der Waals surface area contributed by atoms with Crippen molar-refractivity contribution in [3.63, 3.8) is 0 Å². The van der Waals surface area contributed by atoms with Crippen molar-refractivity contribution in [1.29, 1.82) is 0 Å². The van der Waals surface area contributed by atoms with Crippen LogP contribution >= 0.6 is 0 Å². The summed E-state index contributed by atoms with van der Waals surface area (Å²) in [5.74, 6) is -0.387. The van der Waals surface area contributed by atoms with E-state index in [2.05, 4.69) is 0 Å². The van der Waals surface area contributed by atoms with E-state index in [-0.39, 0.29) is 24.4 Å². The molecular weight excluding hydrogens is 240 g/mol. The van der Waals surface area contributed by atoms with Gasteiger partial charge in [0.05, 0.1) is 6.54 Å². The summed E-state index contributed by atoms with van der Waals surface area (Å²) < 4.78 is 0. The van der Waals surface area contributed by atoms with E-state index in [1.165, 1.54) is 4.90 Å². The van der Waals surface area contributed by atoms with Gasteiger partial charge in [0.25, 0.3) is 0 Å². The Hall–Kier alpha value is -1.84. The van der Waals surface area contributed by atoms with Crippen molar-refractivity contribution in [1.82, 2.24) is 4.90 Å². The third-order valence-corrected chi connectivity index (χ3v) is 3.12. The SMILES string of the molecule is CC(C)N(CC(N)=O)C(=O)C[C@H](C)c1ccccc1. The minimum absolute atomic E-state index is 0.0159. The number of carbonyl (C=O) groups excluding carboxylic acids is 2. The van der Waals surface area contributed by atoms with Crippen LogP contribution in [-0.4, -0.2) is 29.3 Å². The van der Waals surface area contributed by atoms with Gasteiger partial charge in [0, 0.05) is 12.5 Å². The molecular formula is C15H22N2O2. The fraction of sp³-hybridized carbons (Fsp3) is 0.467. The molecule has 0 bridgehead atoms. The number of primary amides is 1. The molecule has 1 aromatic carbocycles. The molecule has 1 rings (SSSR count). The number of nitrogens with zero attached hydrogens (tertiary/aromatic N) is 1. The van der Waals surface area contributed by atoms with Crippen molar-refractivity contribution in [2.24, 2.45) is 5.73 Å². The average molecular weight is 262 g/mol. The minimum atomic E-state index is -0.477. The molecule has 0 aromatic heterocycles. The molecule has 1 aromatic rings. The van der Waals surface area contributed by atoms with Gasteiger partial charge >= 0.3 is 0 Å². The lowest BCUT2D eigenvalue weighted by Crippen LogP contribution is -2.43. The Labute approximate surface area is 114 Å². The van der Waals surface area contributed by atoms with E-state index in [0.29, 0.717) is 6.42 Å². The number of hydrogen-bond acceptors (Lipinski definition) is 2. The molecule has 19 heavy (non-hydrogen) atoms. The number of nitrogens with two attached hydrogens (primary N) is 1. The summed E-state index contributed by atoms with van der Waals surface area (Å²) in [5, 5.41) is 0. The lowest BCUT2D eigenvalue weighted by Gasteiger charge is -2.26. The van der Waals surface area contributed by atoms with Crippen molar-refractivity contribution in [3.8, 4) is 0 Å². The standard InChI is InChI=1S/C15H22N2O2/c1-11(2)17(10-14(16)18)15(19)9-12(3)13-7-5-4-6-8-13/h4-8,11-12H,9-10H2,1-3H3,(H2,16,18)/t12-/m0/s1. The molecule has 4 heteroatoms. The Balaban J connectivity index is 2.69. The molecule has 1 atom stereocenters. The molecule has 0 fully saturated rings. The van der Waals surface area contributed by atoms with Gasteiger partial charge in [-0.1, -0.05) is 37.3 Å². The van der Waals surface area contributed by atoms with Crippen LogP contribution in [0.15, 0.2) is 30.3 Å². The van der Waals surface area contributed by atoms with Gasteiger partial charge in [0.1, 0.15) is 0 Å². The predicted molar refractivity (Wildman–Crippen MR) is 75.5 cm³/mol. The highest BCUT2D eigenvalue weighted by atomic mass is 16.2. The molecule has 0 saturated carbocycles. The monoisotopic (exact) mass is 262 g/mol. The van der Waals surface area contributed by atoms with Crippen molar-refractivity contribution >= 4 is 11.8 Å². The lowest BCUT2D eigenvalue weighted by atomic mass is 9.97. The topological polar surface area (TPSA) is 63.4 Å². The third-order valence-electron chi connectivity index (χ3n) is 3.12. The quantitative estimate of drug-likeness (QED) is 0.851. The number of benzene rings is 1. The zero-order chi connectivity index (χ0) is 14.4. The van der Waals surface area contributed by atoms with Crippen LogP contribution in [0.2, 0.25) is 0 Å². The zero-order valence-corrected chi connectivity index (χ0v) is 11.8. The lowest BCUT2D eigenvalue weighted by molar-refractivity contribution is -0.137. The third kappa shape index (κ3) is 4.73. The van der Waals surface area contributed by atoms with Gasteiger partial charge in [-0.25, -0.2) is 0 Å². The highest BCUT2D eigenvalue weighted by Gasteiger charge is 2.21. The number of carbonyl (C=O) groups is 2.